The molecule has 2 aromatic heterocycles. The molecule has 108 valence electrons. The molecule has 0 N–H and O–H groups in total. The van der Waals surface area contributed by atoms with Crippen LogP contribution >= 0.6 is 11.6 Å². The van der Waals surface area contributed by atoms with Gasteiger partial charge in [-0.3, -0.25) is 0 Å². The average Bonchev–Trinajstić information content (AvgIpc) is 2.89. The predicted octanol–water partition coefficient (Wildman–Crippen LogP) is 5.04. The van der Waals surface area contributed by atoms with Crippen LogP contribution in [0.5, 0.6) is 0 Å². The van der Waals surface area contributed by atoms with E-state index in [1.54, 1.807) is 0 Å². The lowest BCUT2D eigenvalue weighted by molar-refractivity contribution is 0.590. The van der Waals surface area contributed by atoms with E-state index in [4.69, 9.17) is 11.6 Å². The molecule has 3 rings (SSSR count). The number of aromatic nitrogens is 2. The Balaban J connectivity index is 2.00. The van der Waals surface area contributed by atoms with Crippen LogP contribution in [0.25, 0.3) is 16.9 Å². The molecule has 0 bridgehead atoms. The minimum absolute atomic E-state index is 0.173. The number of alkyl halides is 1. The Morgan fingerprint density at radius 3 is 2.43 bits per heavy atom. The van der Waals surface area contributed by atoms with E-state index in [1.807, 2.05) is 22.7 Å². The maximum Gasteiger partial charge on any atom is 0.137 e. The van der Waals surface area contributed by atoms with Crippen molar-refractivity contribution in [1.82, 2.24) is 9.38 Å². The third kappa shape index (κ3) is 2.81. The van der Waals surface area contributed by atoms with Crippen molar-refractivity contribution in [2.24, 2.45) is 0 Å². The molecule has 0 atom stereocenters. The van der Waals surface area contributed by atoms with Crippen LogP contribution in [-0.2, 0) is 11.3 Å². The molecule has 0 unspecified atom stereocenters. The van der Waals surface area contributed by atoms with Gasteiger partial charge in [-0.1, -0.05) is 45.0 Å². The summed E-state index contributed by atoms with van der Waals surface area (Å²) in [5.74, 6) is 0.513. The molecule has 21 heavy (non-hydrogen) atoms. The van der Waals surface area contributed by atoms with E-state index in [9.17, 15) is 0 Å². The summed E-state index contributed by atoms with van der Waals surface area (Å²) < 4.78 is 2.03. The van der Waals surface area contributed by atoms with Crippen LogP contribution in [0, 0.1) is 0 Å². The van der Waals surface area contributed by atoms with Crippen molar-refractivity contribution in [1.29, 1.82) is 0 Å². The number of imidazole rings is 1. The Morgan fingerprint density at radius 2 is 1.81 bits per heavy atom. The minimum atomic E-state index is 0.173. The van der Waals surface area contributed by atoms with Crippen LogP contribution in [0.4, 0.5) is 0 Å². The van der Waals surface area contributed by atoms with E-state index in [-0.39, 0.29) is 5.41 Å². The van der Waals surface area contributed by atoms with Gasteiger partial charge >= 0.3 is 0 Å². The first kappa shape index (κ1) is 14.2. The van der Waals surface area contributed by atoms with Crippen LogP contribution in [0.1, 0.15) is 31.9 Å². The number of nitrogens with zero attached hydrogens (tertiary/aromatic N) is 2. The molecule has 0 amide bonds. The standard InChI is InChI=1S/C18H19ClN2/c1-18(2,3)15-6-4-14(5-7-15)16-12-21-9-8-13(11-19)10-17(21)20-16/h4-10,12H,11H2,1-3H3. The third-order valence-electron chi connectivity index (χ3n) is 3.73. The lowest BCUT2D eigenvalue weighted by Crippen LogP contribution is -2.10. The van der Waals surface area contributed by atoms with Crippen molar-refractivity contribution in [2.45, 2.75) is 32.1 Å². The van der Waals surface area contributed by atoms with Crippen molar-refractivity contribution in [3.63, 3.8) is 0 Å². The zero-order valence-corrected chi connectivity index (χ0v) is 13.4. The van der Waals surface area contributed by atoms with Gasteiger partial charge in [-0.15, -0.1) is 11.6 Å². The topological polar surface area (TPSA) is 17.3 Å². The fraction of sp³-hybridized carbons (Fsp3) is 0.278. The molecule has 1 aromatic carbocycles. The van der Waals surface area contributed by atoms with Crippen LogP contribution in [0.3, 0.4) is 0 Å². The zero-order valence-electron chi connectivity index (χ0n) is 12.6. The molecule has 0 aliphatic carbocycles. The van der Waals surface area contributed by atoms with Crippen molar-refractivity contribution in [2.75, 3.05) is 0 Å². The zero-order chi connectivity index (χ0) is 15.0. The smallest absolute Gasteiger partial charge is 0.137 e. The third-order valence-corrected chi connectivity index (χ3v) is 4.03. The highest BCUT2D eigenvalue weighted by molar-refractivity contribution is 6.17. The van der Waals surface area contributed by atoms with Crippen LogP contribution < -0.4 is 0 Å². The Kier molecular flexibility index (Phi) is 3.50. The van der Waals surface area contributed by atoms with E-state index in [2.05, 4.69) is 56.2 Å². The maximum absolute atomic E-state index is 5.87. The number of benzene rings is 1. The SMILES string of the molecule is CC(C)(C)c1ccc(-c2cn3ccc(CCl)cc3n2)cc1. The first-order valence-corrected chi connectivity index (χ1v) is 7.65. The summed E-state index contributed by atoms with van der Waals surface area (Å²) in [6.45, 7) is 6.67. The fourth-order valence-electron chi connectivity index (χ4n) is 2.39. The second kappa shape index (κ2) is 5.19. The number of hydrogen-bond acceptors (Lipinski definition) is 1. The molecule has 2 heterocycles. The number of halogens is 1. The van der Waals surface area contributed by atoms with Crippen molar-refractivity contribution >= 4 is 17.2 Å². The lowest BCUT2D eigenvalue weighted by atomic mass is 9.86. The van der Waals surface area contributed by atoms with Gasteiger partial charge in [-0.05, 0) is 28.7 Å². The van der Waals surface area contributed by atoms with Gasteiger partial charge in [0.05, 0.1) is 5.69 Å². The summed E-state index contributed by atoms with van der Waals surface area (Å²) in [5, 5.41) is 0. The summed E-state index contributed by atoms with van der Waals surface area (Å²) in [7, 11) is 0. The molecule has 2 nitrogen and oxygen atoms in total. The number of rotatable bonds is 2. The molecular formula is C18H19ClN2. The van der Waals surface area contributed by atoms with Gasteiger partial charge < -0.3 is 4.40 Å². The van der Waals surface area contributed by atoms with Gasteiger partial charge in [-0.2, -0.15) is 0 Å². The number of fused-ring (bicyclic) bond motifs is 1. The molecule has 0 saturated heterocycles. The summed E-state index contributed by atoms with van der Waals surface area (Å²) in [6, 6.07) is 12.7. The van der Waals surface area contributed by atoms with Gasteiger partial charge in [0.1, 0.15) is 5.65 Å². The minimum Gasteiger partial charge on any atom is -0.306 e. The van der Waals surface area contributed by atoms with Crippen molar-refractivity contribution in [3.05, 3.63) is 59.9 Å². The van der Waals surface area contributed by atoms with E-state index in [0.717, 1.165) is 22.5 Å². The van der Waals surface area contributed by atoms with Gasteiger partial charge in [0, 0.05) is 23.8 Å². The van der Waals surface area contributed by atoms with E-state index in [0.29, 0.717) is 5.88 Å². The molecule has 3 heteroatoms. The molecule has 0 aliphatic heterocycles. The maximum atomic E-state index is 5.87. The van der Waals surface area contributed by atoms with Crippen molar-refractivity contribution < 1.29 is 0 Å². The van der Waals surface area contributed by atoms with Gasteiger partial charge in [0.2, 0.25) is 0 Å². The van der Waals surface area contributed by atoms with Crippen LogP contribution in [-0.4, -0.2) is 9.38 Å². The highest BCUT2D eigenvalue weighted by Gasteiger charge is 2.13. The van der Waals surface area contributed by atoms with E-state index < -0.39 is 0 Å². The molecule has 3 aromatic rings. The van der Waals surface area contributed by atoms with Gasteiger partial charge in [-0.25, -0.2) is 4.98 Å². The first-order valence-electron chi connectivity index (χ1n) is 7.12. The summed E-state index contributed by atoms with van der Waals surface area (Å²) >= 11 is 5.87. The first-order chi connectivity index (χ1) is 9.97. The average molecular weight is 299 g/mol. The fourth-order valence-corrected chi connectivity index (χ4v) is 2.55. The molecule has 0 spiro atoms. The summed E-state index contributed by atoms with van der Waals surface area (Å²) in [6.07, 6.45) is 4.06. The molecule has 0 saturated carbocycles. The Morgan fingerprint density at radius 1 is 1.10 bits per heavy atom. The molecule has 0 fully saturated rings. The largest absolute Gasteiger partial charge is 0.306 e. The predicted molar refractivity (Wildman–Crippen MR) is 88.9 cm³/mol. The molecule has 0 radical (unpaired) electrons. The Hall–Kier alpha value is -1.80. The highest BCUT2D eigenvalue weighted by atomic mass is 35.5. The Bertz CT molecular complexity index is 764. The lowest BCUT2D eigenvalue weighted by Gasteiger charge is -2.18. The highest BCUT2D eigenvalue weighted by Crippen LogP contribution is 2.26. The Labute approximate surface area is 130 Å². The number of pyridine rings is 1. The van der Waals surface area contributed by atoms with Crippen LogP contribution in [0.2, 0.25) is 0 Å². The normalized spacial score (nSPS) is 12.0. The van der Waals surface area contributed by atoms with Crippen LogP contribution in [0.15, 0.2) is 48.8 Å². The number of hydrogen-bond donors (Lipinski definition) is 0. The van der Waals surface area contributed by atoms with Crippen molar-refractivity contribution in [3.8, 4) is 11.3 Å². The molecule has 0 aliphatic rings. The molecular weight excluding hydrogens is 280 g/mol. The summed E-state index contributed by atoms with van der Waals surface area (Å²) in [4.78, 5) is 4.69. The second-order valence-corrected chi connectivity index (χ2v) is 6.65. The quantitative estimate of drug-likeness (QED) is 0.606. The summed E-state index contributed by atoms with van der Waals surface area (Å²) in [5.41, 5.74) is 5.65. The second-order valence-electron chi connectivity index (χ2n) is 6.39. The van der Waals surface area contributed by atoms with E-state index in [1.165, 1.54) is 5.56 Å². The van der Waals surface area contributed by atoms with Gasteiger partial charge in [0.25, 0.3) is 0 Å². The monoisotopic (exact) mass is 298 g/mol. The van der Waals surface area contributed by atoms with Gasteiger partial charge in [0.15, 0.2) is 0 Å². The van der Waals surface area contributed by atoms with E-state index >= 15 is 0 Å².